The normalized spacial score (nSPS) is 14.7. The van der Waals surface area contributed by atoms with E-state index in [2.05, 4.69) is 0 Å². The van der Waals surface area contributed by atoms with Crippen LogP contribution in [0.15, 0.2) is 88.2 Å². The lowest BCUT2D eigenvalue weighted by atomic mass is 9.93. The van der Waals surface area contributed by atoms with Crippen molar-refractivity contribution in [1.29, 1.82) is 0 Å². The average Bonchev–Trinajstić information content (AvgIpc) is 3.32. The molecule has 1 aromatic heterocycles. The second-order valence-electron chi connectivity index (χ2n) is 9.28. The van der Waals surface area contributed by atoms with Crippen LogP contribution in [0.2, 0.25) is 0 Å². The Kier molecular flexibility index (Phi) is 8.88. The summed E-state index contributed by atoms with van der Waals surface area (Å²) in [6.45, 7) is 6.74. The van der Waals surface area contributed by atoms with Crippen molar-refractivity contribution in [3.05, 3.63) is 115 Å². The van der Waals surface area contributed by atoms with Gasteiger partial charge >= 0.3 is 5.97 Å². The third kappa shape index (κ3) is 5.73. The summed E-state index contributed by atoms with van der Waals surface area (Å²) in [6.07, 6.45) is 1.81. The molecule has 4 aromatic rings. The number of carbonyl (C=O) groups excluding carboxylic acids is 1. The Morgan fingerprint density at radius 1 is 0.929 bits per heavy atom. The van der Waals surface area contributed by atoms with Crippen molar-refractivity contribution in [3.63, 3.8) is 0 Å². The zero-order chi connectivity index (χ0) is 29.6. The molecule has 0 N–H and O–H groups in total. The first-order valence-corrected chi connectivity index (χ1v) is 14.6. The Labute approximate surface area is 247 Å². The monoisotopic (exact) mass is 584 g/mol. The van der Waals surface area contributed by atoms with Gasteiger partial charge in [-0.05, 0) is 62.2 Å². The van der Waals surface area contributed by atoms with E-state index in [1.165, 1.54) is 11.3 Å². The molecular weight excluding hydrogens is 552 g/mol. The van der Waals surface area contributed by atoms with E-state index < -0.39 is 12.0 Å². The van der Waals surface area contributed by atoms with Gasteiger partial charge in [0.2, 0.25) is 0 Å². The quantitative estimate of drug-likeness (QED) is 0.250. The molecule has 2 heterocycles. The number of esters is 1. The van der Waals surface area contributed by atoms with Crippen molar-refractivity contribution >= 4 is 29.1 Å². The lowest BCUT2D eigenvalue weighted by Crippen LogP contribution is -2.40. The maximum Gasteiger partial charge on any atom is 0.338 e. The number of thiazole rings is 1. The van der Waals surface area contributed by atoms with Gasteiger partial charge in [0.05, 0.1) is 48.8 Å². The summed E-state index contributed by atoms with van der Waals surface area (Å²) in [4.78, 5) is 33.1. The largest absolute Gasteiger partial charge is 0.497 e. The van der Waals surface area contributed by atoms with Crippen LogP contribution in [0.3, 0.4) is 0 Å². The van der Waals surface area contributed by atoms with Crippen LogP contribution in [0.25, 0.3) is 11.8 Å². The molecule has 0 amide bonds. The standard InChI is InChI=1S/C33H32N2O6S/c1-5-39-25-17-16-21(18-26(25)40-6-2)19-27-31(36)35-30(23-14-11-15-24(20-23)38-4)28(32(37)41-7-3)29(34-33(35)42-27)22-12-9-8-10-13-22/h8-20,30H,5-7H2,1-4H3/b27-19-/t30-/m0/s1. The minimum Gasteiger partial charge on any atom is -0.497 e. The molecule has 1 atom stereocenters. The van der Waals surface area contributed by atoms with E-state index in [1.54, 1.807) is 24.7 Å². The lowest BCUT2D eigenvalue weighted by Gasteiger charge is -2.26. The van der Waals surface area contributed by atoms with Crippen molar-refractivity contribution < 1.29 is 23.7 Å². The van der Waals surface area contributed by atoms with Gasteiger partial charge in [-0.15, -0.1) is 0 Å². The first-order valence-electron chi connectivity index (χ1n) is 13.8. The number of hydrogen-bond acceptors (Lipinski definition) is 8. The predicted octanol–water partition coefficient (Wildman–Crippen LogP) is 4.74. The van der Waals surface area contributed by atoms with Crippen LogP contribution in [-0.2, 0) is 9.53 Å². The van der Waals surface area contributed by atoms with Crippen molar-refractivity contribution in [2.75, 3.05) is 26.9 Å². The molecule has 0 bridgehead atoms. The van der Waals surface area contributed by atoms with Gasteiger partial charge in [-0.25, -0.2) is 9.79 Å². The van der Waals surface area contributed by atoms with E-state index in [4.69, 9.17) is 23.9 Å². The third-order valence-corrected chi connectivity index (χ3v) is 7.63. The van der Waals surface area contributed by atoms with Gasteiger partial charge in [0.15, 0.2) is 16.3 Å². The number of carbonyl (C=O) groups is 1. The summed E-state index contributed by atoms with van der Waals surface area (Å²) in [5, 5.41) is 0. The highest BCUT2D eigenvalue weighted by Crippen LogP contribution is 2.36. The fraction of sp³-hybridized carbons (Fsp3) is 0.242. The maximum absolute atomic E-state index is 14.1. The maximum atomic E-state index is 14.1. The Morgan fingerprint density at radius 2 is 1.69 bits per heavy atom. The number of methoxy groups -OCH3 is 1. The van der Waals surface area contributed by atoms with Crippen LogP contribution >= 0.6 is 11.3 Å². The molecular formula is C33H32N2O6S. The molecule has 1 aliphatic rings. The van der Waals surface area contributed by atoms with Crippen LogP contribution in [0.5, 0.6) is 17.2 Å². The van der Waals surface area contributed by atoms with E-state index in [1.807, 2.05) is 86.6 Å². The Balaban J connectivity index is 1.77. The minimum atomic E-state index is -0.785. The lowest BCUT2D eigenvalue weighted by molar-refractivity contribution is -0.138. The highest BCUT2D eigenvalue weighted by Gasteiger charge is 2.35. The van der Waals surface area contributed by atoms with Gasteiger partial charge < -0.3 is 18.9 Å². The van der Waals surface area contributed by atoms with Crippen molar-refractivity contribution in [2.45, 2.75) is 26.8 Å². The van der Waals surface area contributed by atoms with Crippen molar-refractivity contribution in [2.24, 2.45) is 4.99 Å². The summed E-state index contributed by atoms with van der Waals surface area (Å²) in [7, 11) is 1.58. The molecule has 0 saturated heterocycles. The van der Waals surface area contributed by atoms with Gasteiger partial charge in [-0.2, -0.15) is 0 Å². The molecule has 0 radical (unpaired) electrons. The Bertz CT molecular complexity index is 1810. The Morgan fingerprint density at radius 3 is 2.40 bits per heavy atom. The fourth-order valence-corrected chi connectivity index (χ4v) is 5.88. The van der Waals surface area contributed by atoms with E-state index in [-0.39, 0.29) is 17.7 Å². The molecule has 0 saturated carbocycles. The summed E-state index contributed by atoms with van der Waals surface area (Å²) in [5.41, 5.74) is 2.71. The molecule has 3 aromatic carbocycles. The smallest absolute Gasteiger partial charge is 0.338 e. The zero-order valence-corrected chi connectivity index (χ0v) is 24.8. The van der Waals surface area contributed by atoms with Gasteiger partial charge in [0.25, 0.3) is 5.56 Å². The molecule has 0 unspecified atom stereocenters. The first kappa shape index (κ1) is 28.9. The highest BCUT2D eigenvalue weighted by atomic mass is 32.1. The predicted molar refractivity (Wildman–Crippen MR) is 163 cm³/mol. The summed E-state index contributed by atoms with van der Waals surface area (Å²) in [6, 6.07) is 21.6. The fourth-order valence-electron chi connectivity index (χ4n) is 4.88. The van der Waals surface area contributed by atoms with E-state index in [0.717, 1.165) is 11.1 Å². The van der Waals surface area contributed by atoms with Gasteiger partial charge in [0, 0.05) is 5.56 Å². The van der Waals surface area contributed by atoms with Crippen molar-refractivity contribution in [3.8, 4) is 17.2 Å². The summed E-state index contributed by atoms with van der Waals surface area (Å²) < 4.78 is 24.5. The Hall–Kier alpha value is -4.63. The van der Waals surface area contributed by atoms with E-state index in [0.29, 0.717) is 51.1 Å². The second kappa shape index (κ2) is 12.9. The molecule has 0 fully saturated rings. The molecule has 42 heavy (non-hydrogen) atoms. The second-order valence-corrected chi connectivity index (χ2v) is 10.3. The minimum absolute atomic E-state index is 0.180. The summed E-state index contributed by atoms with van der Waals surface area (Å²) >= 11 is 1.26. The van der Waals surface area contributed by atoms with Gasteiger partial charge in [0.1, 0.15) is 5.75 Å². The number of ether oxygens (including phenoxy) is 4. The van der Waals surface area contributed by atoms with E-state index >= 15 is 0 Å². The van der Waals surface area contributed by atoms with Gasteiger partial charge in [-0.3, -0.25) is 9.36 Å². The SMILES string of the molecule is CCOC(=O)C1=C(c2ccccc2)N=c2s/c(=C\c3ccc(OCC)c(OCC)c3)c(=O)n2[C@H]1c1cccc(OC)c1. The topological polar surface area (TPSA) is 88.4 Å². The zero-order valence-electron chi connectivity index (χ0n) is 24.0. The van der Waals surface area contributed by atoms with Gasteiger partial charge in [-0.1, -0.05) is 59.9 Å². The first-order chi connectivity index (χ1) is 20.5. The van der Waals surface area contributed by atoms with E-state index in [9.17, 15) is 9.59 Å². The molecule has 9 heteroatoms. The molecule has 1 aliphatic heterocycles. The van der Waals surface area contributed by atoms with Crippen molar-refractivity contribution in [1.82, 2.24) is 4.57 Å². The number of aromatic nitrogens is 1. The van der Waals surface area contributed by atoms with Crippen LogP contribution in [0, 0.1) is 0 Å². The summed E-state index contributed by atoms with van der Waals surface area (Å²) in [5.74, 6) is 1.32. The third-order valence-electron chi connectivity index (χ3n) is 6.65. The molecule has 216 valence electrons. The molecule has 0 aliphatic carbocycles. The molecule has 0 spiro atoms. The van der Waals surface area contributed by atoms with Crippen LogP contribution in [-0.4, -0.2) is 37.5 Å². The van der Waals surface area contributed by atoms with Crippen LogP contribution in [0.1, 0.15) is 43.5 Å². The van der Waals surface area contributed by atoms with Crippen LogP contribution < -0.4 is 29.1 Å². The average molecular weight is 585 g/mol. The van der Waals surface area contributed by atoms with Crippen LogP contribution in [0.4, 0.5) is 0 Å². The number of hydrogen-bond donors (Lipinski definition) is 0. The number of benzene rings is 3. The molecule has 5 rings (SSSR count). The highest BCUT2D eigenvalue weighted by molar-refractivity contribution is 7.07. The number of rotatable bonds is 10. The number of fused-ring (bicyclic) bond motifs is 1. The molecule has 8 nitrogen and oxygen atoms in total. The number of nitrogens with zero attached hydrogens (tertiary/aromatic N) is 2.